The molecule has 2 unspecified atom stereocenters. The van der Waals surface area contributed by atoms with Crippen LogP contribution in [0.5, 0.6) is 0 Å². The predicted molar refractivity (Wildman–Crippen MR) is 72.9 cm³/mol. The van der Waals surface area contributed by atoms with Gasteiger partial charge in [0.05, 0.1) is 0 Å². The zero-order valence-corrected chi connectivity index (χ0v) is 11.5. The van der Waals surface area contributed by atoms with E-state index >= 15 is 0 Å². The molecular weight excluding hydrogens is 216 g/mol. The molecule has 1 aromatic rings. The Labute approximate surface area is 103 Å². The van der Waals surface area contributed by atoms with Gasteiger partial charge in [0.1, 0.15) is 0 Å². The zero-order valence-electron chi connectivity index (χ0n) is 10.6. The summed E-state index contributed by atoms with van der Waals surface area (Å²) in [5, 5.41) is 2.14. The second-order valence-electron chi connectivity index (χ2n) is 4.53. The summed E-state index contributed by atoms with van der Waals surface area (Å²) in [4.78, 5) is 3.77. The van der Waals surface area contributed by atoms with Crippen LogP contribution in [0.25, 0.3) is 0 Å². The van der Waals surface area contributed by atoms with Gasteiger partial charge in [0.15, 0.2) is 0 Å². The second kappa shape index (κ2) is 7.05. The Kier molecular flexibility index (Phi) is 6.03. The average molecular weight is 240 g/mol. The van der Waals surface area contributed by atoms with Crippen molar-refractivity contribution in [3.8, 4) is 0 Å². The van der Waals surface area contributed by atoms with Crippen molar-refractivity contribution in [3.63, 3.8) is 0 Å². The molecule has 92 valence electrons. The van der Waals surface area contributed by atoms with Gasteiger partial charge in [-0.15, -0.1) is 11.3 Å². The minimum absolute atomic E-state index is 0.312. The van der Waals surface area contributed by atoms with Gasteiger partial charge in [-0.25, -0.2) is 0 Å². The van der Waals surface area contributed by atoms with E-state index in [0.717, 1.165) is 13.0 Å². The van der Waals surface area contributed by atoms with E-state index in [1.807, 2.05) is 11.3 Å². The SMILES string of the molecule is CCCCC(N)CN(C)C(C)c1cccs1. The van der Waals surface area contributed by atoms with Crippen molar-refractivity contribution >= 4 is 11.3 Å². The van der Waals surface area contributed by atoms with Gasteiger partial charge in [0, 0.05) is 23.5 Å². The van der Waals surface area contributed by atoms with Crippen LogP contribution in [-0.2, 0) is 0 Å². The molecule has 2 nitrogen and oxygen atoms in total. The Balaban J connectivity index is 2.36. The summed E-state index contributed by atoms with van der Waals surface area (Å²) in [5.41, 5.74) is 6.11. The first-order valence-electron chi connectivity index (χ1n) is 6.14. The van der Waals surface area contributed by atoms with Crippen LogP contribution >= 0.6 is 11.3 Å². The molecule has 1 rings (SSSR count). The third kappa shape index (κ3) is 4.24. The van der Waals surface area contributed by atoms with Crippen molar-refractivity contribution < 1.29 is 0 Å². The van der Waals surface area contributed by atoms with Gasteiger partial charge >= 0.3 is 0 Å². The van der Waals surface area contributed by atoms with Gasteiger partial charge in [0.2, 0.25) is 0 Å². The van der Waals surface area contributed by atoms with E-state index in [9.17, 15) is 0 Å². The Morgan fingerprint density at radius 2 is 2.25 bits per heavy atom. The van der Waals surface area contributed by atoms with Crippen LogP contribution in [0, 0.1) is 0 Å². The quantitative estimate of drug-likeness (QED) is 0.792. The topological polar surface area (TPSA) is 29.3 Å². The number of hydrogen-bond donors (Lipinski definition) is 1. The summed E-state index contributed by atoms with van der Waals surface area (Å²) in [5.74, 6) is 0. The fraction of sp³-hybridized carbons (Fsp3) is 0.692. The zero-order chi connectivity index (χ0) is 12.0. The van der Waals surface area contributed by atoms with E-state index in [0.29, 0.717) is 12.1 Å². The molecule has 0 saturated carbocycles. The number of likely N-dealkylation sites (N-methyl/N-ethyl adjacent to an activating group) is 1. The van der Waals surface area contributed by atoms with Crippen LogP contribution in [0.15, 0.2) is 17.5 Å². The lowest BCUT2D eigenvalue weighted by Crippen LogP contribution is -2.36. The van der Waals surface area contributed by atoms with Crippen LogP contribution < -0.4 is 5.73 Å². The smallest absolute Gasteiger partial charge is 0.0410 e. The first-order chi connectivity index (χ1) is 7.65. The Morgan fingerprint density at radius 1 is 1.50 bits per heavy atom. The summed E-state index contributed by atoms with van der Waals surface area (Å²) in [6.45, 7) is 5.45. The van der Waals surface area contributed by atoms with Crippen molar-refractivity contribution in [1.82, 2.24) is 4.90 Å². The number of hydrogen-bond acceptors (Lipinski definition) is 3. The van der Waals surface area contributed by atoms with Crippen molar-refractivity contribution in [1.29, 1.82) is 0 Å². The van der Waals surface area contributed by atoms with Crippen LogP contribution in [0.3, 0.4) is 0 Å². The fourth-order valence-electron chi connectivity index (χ4n) is 1.83. The molecule has 2 atom stereocenters. The summed E-state index contributed by atoms with van der Waals surface area (Å²) >= 11 is 1.82. The maximum Gasteiger partial charge on any atom is 0.0410 e. The van der Waals surface area contributed by atoms with Crippen LogP contribution in [-0.4, -0.2) is 24.5 Å². The molecule has 0 bridgehead atoms. The van der Waals surface area contributed by atoms with Gasteiger partial charge in [-0.3, -0.25) is 4.90 Å². The van der Waals surface area contributed by atoms with Crippen molar-refractivity contribution in [2.24, 2.45) is 5.73 Å². The lowest BCUT2D eigenvalue weighted by molar-refractivity contribution is 0.243. The highest BCUT2D eigenvalue weighted by molar-refractivity contribution is 7.10. The van der Waals surface area contributed by atoms with Crippen molar-refractivity contribution in [2.45, 2.75) is 45.2 Å². The van der Waals surface area contributed by atoms with Crippen LogP contribution in [0.1, 0.15) is 44.0 Å². The lowest BCUT2D eigenvalue weighted by Gasteiger charge is -2.26. The van der Waals surface area contributed by atoms with Gasteiger partial charge in [-0.1, -0.05) is 25.8 Å². The molecule has 0 aliphatic rings. The van der Waals surface area contributed by atoms with Crippen LogP contribution in [0.4, 0.5) is 0 Å². The van der Waals surface area contributed by atoms with E-state index in [2.05, 4.69) is 43.3 Å². The summed E-state index contributed by atoms with van der Waals surface area (Å²) in [7, 11) is 2.16. The molecule has 0 aliphatic carbocycles. The Morgan fingerprint density at radius 3 is 2.81 bits per heavy atom. The van der Waals surface area contributed by atoms with E-state index in [1.54, 1.807) is 0 Å². The first-order valence-corrected chi connectivity index (χ1v) is 7.02. The number of thiophene rings is 1. The second-order valence-corrected chi connectivity index (χ2v) is 5.51. The van der Waals surface area contributed by atoms with Gasteiger partial charge < -0.3 is 5.73 Å². The lowest BCUT2D eigenvalue weighted by atomic mass is 10.1. The molecule has 0 aliphatic heterocycles. The molecule has 1 aromatic heterocycles. The molecule has 0 spiro atoms. The number of nitrogens with zero attached hydrogens (tertiary/aromatic N) is 1. The van der Waals surface area contributed by atoms with E-state index in [1.165, 1.54) is 17.7 Å². The monoisotopic (exact) mass is 240 g/mol. The summed E-state index contributed by atoms with van der Waals surface area (Å²) in [6, 6.07) is 5.10. The normalized spacial score (nSPS) is 15.3. The predicted octanol–water partition coefficient (Wildman–Crippen LogP) is 3.26. The van der Waals surface area contributed by atoms with Gasteiger partial charge in [0.25, 0.3) is 0 Å². The summed E-state index contributed by atoms with van der Waals surface area (Å²) in [6.07, 6.45) is 3.61. The van der Waals surface area contributed by atoms with Crippen LogP contribution in [0.2, 0.25) is 0 Å². The maximum absolute atomic E-state index is 6.11. The fourth-order valence-corrected chi connectivity index (χ4v) is 2.68. The van der Waals surface area contributed by atoms with Gasteiger partial charge in [-0.05, 0) is 31.8 Å². The number of rotatable bonds is 7. The minimum Gasteiger partial charge on any atom is -0.327 e. The molecule has 0 fully saturated rings. The molecule has 0 amide bonds. The van der Waals surface area contributed by atoms with Crippen molar-refractivity contribution in [3.05, 3.63) is 22.4 Å². The number of nitrogens with two attached hydrogens (primary N) is 1. The highest BCUT2D eigenvalue weighted by atomic mass is 32.1. The molecule has 0 saturated heterocycles. The summed E-state index contributed by atoms with van der Waals surface area (Å²) < 4.78 is 0. The molecule has 1 heterocycles. The highest BCUT2D eigenvalue weighted by Crippen LogP contribution is 2.23. The van der Waals surface area contributed by atoms with E-state index in [4.69, 9.17) is 5.73 Å². The molecular formula is C13H24N2S. The number of unbranched alkanes of at least 4 members (excludes halogenated alkanes) is 1. The molecule has 16 heavy (non-hydrogen) atoms. The van der Waals surface area contributed by atoms with Crippen molar-refractivity contribution in [2.75, 3.05) is 13.6 Å². The standard InChI is InChI=1S/C13H24N2S/c1-4-5-7-12(14)10-15(3)11(2)13-8-6-9-16-13/h6,8-9,11-12H,4-5,7,10,14H2,1-3H3. The van der Waals surface area contributed by atoms with E-state index < -0.39 is 0 Å². The highest BCUT2D eigenvalue weighted by Gasteiger charge is 2.14. The average Bonchev–Trinajstić information content (AvgIpc) is 2.78. The first kappa shape index (κ1) is 13.7. The third-order valence-electron chi connectivity index (χ3n) is 3.07. The van der Waals surface area contributed by atoms with E-state index in [-0.39, 0.29) is 0 Å². The largest absolute Gasteiger partial charge is 0.327 e. The third-order valence-corrected chi connectivity index (χ3v) is 4.11. The van der Waals surface area contributed by atoms with Gasteiger partial charge in [-0.2, -0.15) is 0 Å². The maximum atomic E-state index is 6.11. The Bertz CT molecular complexity index is 271. The molecule has 2 N–H and O–H groups in total. The molecule has 3 heteroatoms. The molecule has 0 radical (unpaired) electrons. The Hall–Kier alpha value is -0.380. The minimum atomic E-state index is 0.312. The molecule has 0 aromatic carbocycles.